The lowest BCUT2D eigenvalue weighted by atomic mass is 10.1. The second kappa shape index (κ2) is 41.0. The molecule has 0 fully saturated rings. The zero-order valence-electron chi connectivity index (χ0n) is 38.1. The molecule has 0 aromatic heterocycles. The minimum atomic E-state index is -4.37. The lowest BCUT2D eigenvalue weighted by Gasteiger charge is -2.25. The number of quaternary nitrogens is 1. The van der Waals surface area contributed by atoms with E-state index >= 15 is 0 Å². The molecule has 0 aliphatic carbocycles. The van der Waals surface area contributed by atoms with Gasteiger partial charge >= 0.3 is 7.82 Å². The second-order valence-electron chi connectivity index (χ2n) is 15.7. The van der Waals surface area contributed by atoms with Crippen LogP contribution < -0.4 is 5.32 Å². The van der Waals surface area contributed by atoms with Crippen LogP contribution in [-0.2, 0) is 18.4 Å². The van der Waals surface area contributed by atoms with Crippen molar-refractivity contribution < 1.29 is 32.9 Å². The highest BCUT2D eigenvalue weighted by atomic mass is 31.2. The Morgan fingerprint density at radius 3 is 1.45 bits per heavy atom. The number of aliphatic hydroxyl groups is 1. The van der Waals surface area contributed by atoms with Crippen molar-refractivity contribution in [3.8, 4) is 0 Å². The Morgan fingerprint density at radius 2 is 1.00 bits per heavy atom. The fourth-order valence-corrected chi connectivity index (χ4v) is 6.00. The van der Waals surface area contributed by atoms with Gasteiger partial charge in [0.05, 0.1) is 39.9 Å². The molecule has 60 heavy (non-hydrogen) atoms. The summed E-state index contributed by atoms with van der Waals surface area (Å²) < 4.78 is 23.5. The van der Waals surface area contributed by atoms with Crippen LogP contribution in [-0.4, -0.2) is 73.4 Å². The maximum absolute atomic E-state index is 12.8. The van der Waals surface area contributed by atoms with E-state index in [-0.39, 0.29) is 25.5 Å². The molecule has 0 aromatic rings. The molecule has 0 saturated heterocycles. The number of phosphoric ester groups is 1. The van der Waals surface area contributed by atoms with Gasteiger partial charge in [0.25, 0.3) is 0 Å². The molecular weight excluding hydrogens is 768 g/mol. The van der Waals surface area contributed by atoms with Crippen LogP contribution >= 0.6 is 7.82 Å². The Hall–Kier alpha value is -3.36. The highest BCUT2D eigenvalue weighted by Crippen LogP contribution is 2.43. The van der Waals surface area contributed by atoms with Crippen LogP contribution in [0.2, 0.25) is 0 Å². The van der Waals surface area contributed by atoms with Crippen LogP contribution in [0.1, 0.15) is 129 Å². The highest BCUT2D eigenvalue weighted by Gasteiger charge is 2.27. The number of carbonyl (C=O) groups is 1. The quantitative estimate of drug-likeness (QED) is 0.0247. The van der Waals surface area contributed by atoms with Gasteiger partial charge in [0, 0.05) is 6.42 Å². The molecule has 8 nitrogen and oxygen atoms in total. The minimum absolute atomic E-state index is 0.0361. The van der Waals surface area contributed by atoms with E-state index in [2.05, 4.69) is 141 Å². The number of amides is 1. The lowest BCUT2D eigenvalue weighted by Crippen LogP contribution is -2.45. The number of rotatable bonds is 38. The summed E-state index contributed by atoms with van der Waals surface area (Å²) in [5, 5.41) is 13.7. The summed E-state index contributed by atoms with van der Waals surface area (Å²) in [7, 11) is 1.49. The third kappa shape index (κ3) is 42.8. The zero-order valence-corrected chi connectivity index (χ0v) is 39.0. The van der Waals surface area contributed by atoms with Gasteiger partial charge in [0.15, 0.2) is 0 Å². The SMILES string of the molecule is CC/C=C\C/C=C\C/C=C\C/C=C\C/C=C\C/C=C\C/C=C\C/C=C\CCCCC(=O)NC(COP(=O)(O)OCC[N+](C)(C)C)C(O)/C=C/CC/C=C/CC/C=C/CCC. The summed E-state index contributed by atoms with van der Waals surface area (Å²) in [6.07, 6.45) is 62.6. The number of allylic oxidation sites excluding steroid dienone is 21. The van der Waals surface area contributed by atoms with E-state index in [9.17, 15) is 19.4 Å². The topological polar surface area (TPSA) is 105 Å². The monoisotopic (exact) mass is 852 g/mol. The molecule has 0 heterocycles. The Morgan fingerprint density at radius 1 is 0.583 bits per heavy atom. The predicted molar refractivity (Wildman–Crippen MR) is 258 cm³/mol. The first-order valence-electron chi connectivity index (χ1n) is 22.6. The van der Waals surface area contributed by atoms with Crippen molar-refractivity contribution in [1.82, 2.24) is 5.32 Å². The van der Waals surface area contributed by atoms with E-state index in [0.29, 0.717) is 17.4 Å². The van der Waals surface area contributed by atoms with E-state index < -0.39 is 20.0 Å². The van der Waals surface area contributed by atoms with E-state index in [1.807, 2.05) is 27.2 Å². The van der Waals surface area contributed by atoms with E-state index in [1.165, 1.54) is 0 Å². The van der Waals surface area contributed by atoms with Crippen molar-refractivity contribution in [3.63, 3.8) is 0 Å². The number of hydrogen-bond donors (Lipinski definition) is 3. The van der Waals surface area contributed by atoms with E-state index in [1.54, 1.807) is 6.08 Å². The normalized spacial score (nSPS) is 15.5. The number of unbranched alkanes of at least 4 members (excludes halogenated alkanes) is 5. The van der Waals surface area contributed by atoms with Gasteiger partial charge in [-0.3, -0.25) is 13.8 Å². The van der Waals surface area contributed by atoms with E-state index in [4.69, 9.17) is 9.05 Å². The highest BCUT2D eigenvalue weighted by molar-refractivity contribution is 7.47. The first kappa shape index (κ1) is 56.6. The van der Waals surface area contributed by atoms with Crippen molar-refractivity contribution in [2.45, 2.75) is 142 Å². The fourth-order valence-electron chi connectivity index (χ4n) is 5.27. The summed E-state index contributed by atoms with van der Waals surface area (Å²) in [6.45, 7) is 4.51. The van der Waals surface area contributed by atoms with Crippen LogP contribution in [0.4, 0.5) is 0 Å². The number of nitrogens with one attached hydrogen (secondary N) is 1. The summed E-state index contributed by atoms with van der Waals surface area (Å²) >= 11 is 0. The van der Waals surface area contributed by atoms with Crippen molar-refractivity contribution in [3.05, 3.63) is 134 Å². The van der Waals surface area contributed by atoms with Crippen molar-refractivity contribution in [2.24, 2.45) is 0 Å². The van der Waals surface area contributed by atoms with Gasteiger partial charge in [-0.1, -0.05) is 154 Å². The second-order valence-corrected chi connectivity index (χ2v) is 17.1. The summed E-state index contributed by atoms with van der Waals surface area (Å²) in [5.74, 6) is -0.244. The van der Waals surface area contributed by atoms with Crippen LogP contribution in [0.5, 0.6) is 0 Å². The van der Waals surface area contributed by atoms with Gasteiger partial charge in [-0.2, -0.15) is 0 Å². The van der Waals surface area contributed by atoms with Gasteiger partial charge in [0.2, 0.25) is 5.91 Å². The Balaban J connectivity index is 4.47. The van der Waals surface area contributed by atoms with Gasteiger partial charge in [-0.05, 0) is 103 Å². The van der Waals surface area contributed by atoms with Crippen molar-refractivity contribution >= 4 is 13.7 Å². The number of nitrogens with zero attached hydrogens (tertiary/aromatic N) is 1. The van der Waals surface area contributed by atoms with Crippen molar-refractivity contribution in [2.75, 3.05) is 40.9 Å². The molecule has 0 aromatic carbocycles. The van der Waals surface area contributed by atoms with Gasteiger partial charge in [-0.15, -0.1) is 0 Å². The molecule has 3 atom stereocenters. The molecule has 0 spiro atoms. The van der Waals surface area contributed by atoms with Gasteiger partial charge in [-0.25, -0.2) is 4.57 Å². The average Bonchev–Trinajstić information content (AvgIpc) is 3.20. The van der Waals surface area contributed by atoms with Gasteiger partial charge < -0.3 is 19.8 Å². The molecule has 3 N–H and O–H groups in total. The number of phosphoric acid groups is 1. The first-order valence-corrected chi connectivity index (χ1v) is 24.1. The molecule has 0 bridgehead atoms. The Labute approximate surface area is 366 Å². The molecule has 0 rings (SSSR count). The summed E-state index contributed by atoms with van der Waals surface area (Å²) in [6, 6.07) is -0.902. The molecule has 0 aliphatic rings. The largest absolute Gasteiger partial charge is 0.472 e. The molecule has 0 radical (unpaired) electrons. The molecular formula is C51H84N2O6P+. The van der Waals surface area contributed by atoms with Crippen LogP contribution in [0.25, 0.3) is 0 Å². The third-order valence-corrected chi connectivity index (χ3v) is 9.80. The fraction of sp³-hybridized carbons (Fsp3) is 0.549. The van der Waals surface area contributed by atoms with Crippen molar-refractivity contribution in [1.29, 1.82) is 0 Å². The standard InChI is InChI=1S/C51H83N2O6P/c1-6-8-10-12-14-16-18-19-20-21-22-23-24-25-26-27-28-29-30-31-32-33-35-37-39-41-43-45-51(55)52-49(48-59-60(56,57)58-47-46-53(3,4)5)50(54)44-42-40-38-36-34-17-15-13-11-9-7-2/h8,10-11,13-14,16,19-20,22-23,25-26,28-29,31-32,34-37,42,44,49-50,54H,6-7,9,12,15,17-18,21,24,27,30,33,38-41,43,45-48H2,1-5H3,(H-,52,55,56,57)/p+1/b10-8-,13-11+,16-14-,20-19-,23-22-,26-25-,29-28-,32-31-,36-34+,37-35-,44-42+. The summed E-state index contributed by atoms with van der Waals surface area (Å²) in [5.41, 5.74) is 0. The molecule has 0 saturated carbocycles. The van der Waals surface area contributed by atoms with Crippen LogP contribution in [0.3, 0.4) is 0 Å². The minimum Gasteiger partial charge on any atom is -0.387 e. The maximum atomic E-state index is 12.8. The summed E-state index contributed by atoms with van der Waals surface area (Å²) in [4.78, 5) is 23.1. The Kier molecular flexibility index (Phi) is 38.7. The van der Waals surface area contributed by atoms with E-state index in [0.717, 1.165) is 103 Å². The Bertz CT molecular complexity index is 1430. The average molecular weight is 852 g/mol. The molecule has 1 amide bonds. The smallest absolute Gasteiger partial charge is 0.387 e. The lowest BCUT2D eigenvalue weighted by molar-refractivity contribution is -0.870. The molecule has 3 unspecified atom stereocenters. The van der Waals surface area contributed by atoms with Crippen LogP contribution in [0.15, 0.2) is 134 Å². The number of hydrogen-bond acceptors (Lipinski definition) is 5. The number of carbonyl (C=O) groups excluding carboxylic acids is 1. The zero-order chi connectivity index (χ0) is 44.3. The number of aliphatic hydroxyl groups excluding tert-OH is 1. The molecule has 9 heteroatoms. The predicted octanol–water partition coefficient (Wildman–Crippen LogP) is 12.9. The van der Waals surface area contributed by atoms with Gasteiger partial charge in [0.1, 0.15) is 13.2 Å². The first-order chi connectivity index (χ1) is 29.0. The number of likely N-dealkylation sites (N-methyl/N-ethyl adjacent to an activating group) is 1. The third-order valence-electron chi connectivity index (χ3n) is 8.81. The molecule has 338 valence electrons. The maximum Gasteiger partial charge on any atom is 0.472 e. The molecule has 0 aliphatic heterocycles. The van der Waals surface area contributed by atoms with Crippen LogP contribution in [0, 0.1) is 0 Å².